The van der Waals surface area contributed by atoms with Crippen LogP contribution in [-0.4, -0.2) is 50.9 Å². The van der Waals surface area contributed by atoms with Gasteiger partial charge in [0, 0.05) is 42.0 Å². The number of ether oxygens (including phenoxy) is 1. The number of benzene rings is 2. The Morgan fingerprint density at radius 2 is 1.66 bits per heavy atom. The standard InChI is InChI=1S/C17H25NO2.C15H24N2O/c1-4-13-6-8-14(9-7-13)17(19)18-15-10-5-12(2)16(11-15)20-3;1-6-14-11(2)9-13(10-15(14)12(3)18)16-7-8-17(4)5/h5,10-11,13-14H,4,6-9H2,1-3H3,(H,18,19);9-10,16H,6-8H2,1-5H3. The zero-order valence-electron chi connectivity index (χ0n) is 24.9. The summed E-state index contributed by atoms with van der Waals surface area (Å²) < 4.78 is 5.29. The van der Waals surface area contributed by atoms with Crippen LogP contribution in [0.2, 0.25) is 0 Å². The smallest absolute Gasteiger partial charge is 0.227 e. The summed E-state index contributed by atoms with van der Waals surface area (Å²) in [5, 5.41) is 6.40. The number of nitrogens with one attached hydrogen (secondary N) is 2. The molecule has 0 bridgehead atoms. The van der Waals surface area contributed by atoms with Gasteiger partial charge in [-0.1, -0.05) is 26.3 Å². The van der Waals surface area contributed by atoms with Gasteiger partial charge in [-0.2, -0.15) is 0 Å². The highest BCUT2D eigenvalue weighted by molar-refractivity contribution is 5.97. The number of ketones is 1. The lowest BCUT2D eigenvalue weighted by Crippen LogP contribution is -2.27. The number of anilines is 2. The van der Waals surface area contributed by atoms with Crippen LogP contribution in [0.15, 0.2) is 30.3 Å². The monoisotopic (exact) mass is 523 g/mol. The SMILES string of the molecule is CCC1CCC(C(=O)Nc2ccc(C)c(OC)c2)CC1.CCc1c(C)cc(NCCN(C)C)cc1C(C)=O. The summed E-state index contributed by atoms with van der Waals surface area (Å²) in [5.74, 6) is 2.11. The van der Waals surface area contributed by atoms with Gasteiger partial charge < -0.3 is 20.3 Å². The Labute approximate surface area is 230 Å². The van der Waals surface area contributed by atoms with Crippen LogP contribution in [0.25, 0.3) is 0 Å². The summed E-state index contributed by atoms with van der Waals surface area (Å²) in [6, 6.07) is 9.91. The number of hydrogen-bond acceptors (Lipinski definition) is 5. The molecule has 0 aromatic heterocycles. The molecular weight excluding hydrogens is 474 g/mol. The highest BCUT2D eigenvalue weighted by Crippen LogP contribution is 2.32. The molecule has 1 fully saturated rings. The predicted molar refractivity (Wildman–Crippen MR) is 160 cm³/mol. The van der Waals surface area contributed by atoms with E-state index < -0.39 is 0 Å². The number of carbonyl (C=O) groups excluding carboxylic acids is 2. The van der Waals surface area contributed by atoms with Crippen LogP contribution in [0.5, 0.6) is 5.75 Å². The maximum Gasteiger partial charge on any atom is 0.227 e. The summed E-state index contributed by atoms with van der Waals surface area (Å²) in [6.45, 7) is 11.9. The minimum Gasteiger partial charge on any atom is -0.496 e. The minimum atomic E-state index is 0.145. The van der Waals surface area contributed by atoms with E-state index in [1.54, 1.807) is 14.0 Å². The summed E-state index contributed by atoms with van der Waals surface area (Å²) in [5.41, 5.74) is 6.16. The highest BCUT2D eigenvalue weighted by atomic mass is 16.5. The van der Waals surface area contributed by atoms with E-state index >= 15 is 0 Å². The van der Waals surface area contributed by atoms with E-state index in [1.807, 2.05) is 45.3 Å². The lowest BCUT2D eigenvalue weighted by atomic mass is 9.80. The second-order valence-corrected chi connectivity index (χ2v) is 10.8. The number of aryl methyl sites for hydroxylation is 2. The Kier molecular flexibility index (Phi) is 12.8. The van der Waals surface area contributed by atoms with E-state index in [0.29, 0.717) is 0 Å². The molecule has 0 aliphatic heterocycles. The second-order valence-electron chi connectivity index (χ2n) is 10.8. The first kappa shape index (κ1) is 31.4. The van der Waals surface area contributed by atoms with Gasteiger partial charge >= 0.3 is 0 Å². The van der Waals surface area contributed by atoms with Gasteiger partial charge in [0.25, 0.3) is 0 Å². The quantitative estimate of drug-likeness (QED) is 0.332. The van der Waals surface area contributed by atoms with E-state index in [1.165, 1.54) is 30.4 Å². The van der Waals surface area contributed by atoms with Crippen molar-refractivity contribution < 1.29 is 14.3 Å². The van der Waals surface area contributed by atoms with Crippen molar-refractivity contribution in [1.82, 2.24) is 4.90 Å². The van der Waals surface area contributed by atoms with Gasteiger partial charge in [0.2, 0.25) is 5.91 Å². The average molecular weight is 524 g/mol. The van der Waals surface area contributed by atoms with Crippen molar-refractivity contribution in [3.8, 4) is 5.75 Å². The van der Waals surface area contributed by atoms with Gasteiger partial charge in [-0.05, 0) is 108 Å². The molecule has 0 atom stereocenters. The number of amides is 1. The van der Waals surface area contributed by atoms with E-state index in [4.69, 9.17) is 4.74 Å². The van der Waals surface area contributed by atoms with Gasteiger partial charge in [0.15, 0.2) is 5.78 Å². The third-order valence-corrected chi connectivity index (χ3v) is 7.56. The first-order valence-electron chi connectivity index (χ1n) is 14.1. The fourth-order valence-electron chi connectivity index (χ4n) is 5.10. The molecule has 2 N–H and O–H groups in total. The zero-order chi connectivity index (χ0) is 28.2. The Morgan fingerprint density at radius 3 is 2.21 bits per heavy atom. The molecule has 38 heavy (non-hydrogen) atoms. The molecule has 0 saturated heterocycles. The molecule has 0 unspecified atom stereocenters. The number of likely N-dealkylation sites (N-methyl/N-ethyl adjacent to an activating group) is 1. The summed E-state index contributed by atoms with van der Waals surface area (Å²) >= 11 is 0. The number of rotatable bonds is 10. The minimum absolute atomic E-state index is 0.145. The maximum absolute atomic E-state index is 12.3. The number of carbonyl (C=O) groups is 2. The molecule has 0 radical (unpaired) electrons. The molecule has 6 nitrogen and oxygen atoms in total. The van der Waals surface area contributed by atoms with Crippen LogP contribution in [0.1, 0.15) is 79.9 Å². The first-order valence-corrected chi connectivity index (χ1v) is 14.1. The molecule has 0 heterocycles. The number of hydrogen-bond donors (Lipinski definition) is 2. The highest BCUT2D eigenvalue weighted by Gasteiger charge is 2.25. The number of Topliss-reactive ketones (excluding diaryl/α,β-unsaturated/α-hetero) is 1. The van der Waals surface area contributed by atoms with Crippen molar-refractivity contribution >= 4 is 23.1 Å². The lowest BCUT2D eigenvalue weighted by Gasteiger charge is -2.27. The van der Waals surface area contributed by atoms with Crippen LogP contribution < -0.4 is 15.4 Å². The topological polar surface area (TPSA) is 70.7 Å². The third kappa shape index (κ3) is 9.46. The van der Waals surface area contributed by atoms with Crippen LogP contribution in [0.4, 0.5) is 11.4 Å². The largest absolute Gasteiger partial charge is 0.496 e. The number of methoxy groups -OCH3 is 1. The molecule has 1 saturated carbocycles. The Morgan fingerprint density at radius 1 is 0.974 bits per heavy atom. The normalized spacial score (nSPS) is 16.9. The van der Waals surface area contributed by atoms with Gasteiger partial charge in [-0.15, -0.1) is 0 Å². The molecular formula is C32H49N3O3. The fourth-order valence-corrected chi connectivity index (χ4v) is 5.10. The van der Waals surface area contributed by atoms with E-state index in [-0.39, 0.29) is 17.6 Å². The molecule has 1 aliphatic rings. The van der Waals surface area contributed by atoms with Crippen LogP contribution in [0.3, 0.4) is 0 Å². The van der Waals surface area contributed by atoms with E-state index in [9.17, 15) is 9.59 Å². The van der Waals surface area contributed by atoms with Crippen LogP contribution in [0, 0.1) is 25.7 Å². The van der Waals surface area contributed by atoms with Gasteiger partial charge in [-0.25, -0.2) is 0 Å². The van der Waals surface area contributed by atoms with Crippen molar-refractivity contribution in [2.75, 3.05) is 44.9 Å². The van der Waals surface area contributed by atoms with E-state index in [0.717, 1.165) is 66.5 Å². The maximum atomic E-state index is 12.3. The molecule has 6 heteroatoms. The number of nitrogens with zero attached hydrogens (tertiary/aromatic N) is 1. The fraction of sp³-hybridized carbons (Fsp3) is 0.562. The average Bonchev–Trinajstić information content (AvgIpc) is 2.89. The second kappa shape index (κ2) is 15.5. The molecule has 0 spiro atoms. The van der Waals surface area contributed by atoms with Crippen LogP contribution >= 0.6 is 0 Å². The van der Waals surface area contributed by atoms with Crippen molar-refractivity contribution in [2.45, 2.75) is 73.1 Å². The predicted octanol–water partition coefficient (Wildman–Crippen LogP) is 6.89. The molecule has 210 valence electrons. The molecule has 1 amide bonds. The van der Waals surface area contributed by atoms with Gasteiger partial charge in [0.05, 0.1) is 7.11 Å². The zero-order valence-corrected chi connectivity index (χ0v) is 24.9. The summed E-state index contributed by atoms with van der Waals surface area (Å²) in [6.07, 6.45) is 6.56. The van der Waals surface area contributed by atoms with Crippen molar-refractivity contribution in [2.24, 2.45) is 11.8 Å². The van der Waals surface area contributed by atoms with Crippen molar-refractivity contribution in [3.05, 3.63) is 52.6 Å². The van der Waals surface area contributed by atoms with Gasteiger partial charge in [-0.3, -0.25) is 9.59 Å². The first-order chi connectivity index (χ1) is 18.1. The Balaban J connectivity index is 0.000000269. The summed E-state index contributed by atoms with van der Waals surface area (Å²) in [4.78, 5) is 26.1. The molecule has 2 aromatic rings. The van der Waals surface area contributed by atoms with Gasteiger partial charge in [0.1, 0.15) is 5.75 Å². The van der Waals surface area contributed by atoms with E-state index in [2.05, 4.69) is 42.4 Å². The molecule has 2 aromatic carbocycles. The Hall–Kier alpha value is -2.86. The Bertz CT molecular complexity index is 1060. The van der Waals surface area contributed by atoms with Crippen molar-refractivity contribution in [1.29, 1.82) is 0 Å². The van der Waals surface area contributed by atoms with Crippen molar-refractivity contribution in [3.63, 3.8) is 0 Å². The summed E-state index contributed by atoms with van der Waals surface area (Å²) in [7, 11) is 5.75. The third-order valence-electron chi connectivity index (χ3n) is 7.56. The molecule has 3 rings (SSSR count). The lowest BCUT2D eigenvalue weighted by molar-refractivity contribution is -0.121. The molecule has 1 aliphatic carbocycles. The van der Waals surface area contributed by atoms with Crippen LogP contribution in [-0.2, 0) is 11.2 Å².